The van der Waals surface area contributed by atoms with Gasteiger partial charge in [0.15, 0.2) is 0 Å². The van der Waals surface area contributed by atoms with Crippen LogP contribution in [0.1, 0.15) is 23.2 Å². The van der Waals surface area contributed by atoms with Gasteiger partial charge in [0.2, 0.25) is 11.8 Å². The van der Waals surface area contributed by atoms with Crippen LogP contribution in [-0.2, 0) is 4.79 Å². The molecule has 0 unspecified atom stereocenters. The highest BCUT2D eigenvalue weighted by molar-refractivity contribution is 6.33. The van der Waals surface area contributed by atoms with E-state index in [0.717, 1.165) is 25.9 Å². The van der Waals surface area contributed by atoms with Gasteiger partial charge in [0, 0.05) is 11.5 Å². The number of primary amides is 1. The van der Waals surface area contributed by atoms with Crippen molar-refractivity contribution in [3.8, 4) is 0 Å². The van der Waals surface area contributed by atoms with Crippen LogP contribution < -0.4 is 16.4 Å². The topological polar surface area (TPSA) is 84.2 Å². The molecule has 0 spiro atoms. The lowest BCUT2D eigenvalue weighted by atomic mass is 9.97. The van der Waals surface area contributed by atoms with Gasteiger partial charge >= 0.3 is 0 Å². The average Bonchev–Trinajstić information content (AvgIpc) is 2.42. The predicted molar refractivity (Wildman–Crippen MR) is 74.2 cm³/mol. The zero-order valence-electron chi connectivity index (χ0n) is 10.4. The molecule has 1 saturated heterocycles. The molecule has 1 aromatic carbocycles. The SMILES string of the molecule is NC(=O)c1ccc(Cl)c(NC(=O)C2CCNCC2)c1. The monoisotopic (exact) mass is 281 g/mol. The van der Waals surface area contributed by atoms with E-state index < -0.39 is 5.91 Å². The van der Waals surface area contributed by atoms with Crippen molar-refractivity contribution in [1.29, 1.82) is 0 Å². The van der Waals surface area contributed by atoms with E-state index in [4.69, 9.17) is 17.3 Å². The van der Waals surface area contributed by atoms with Crippen LogP contribution in [0.25, 0.3) is 0 Å². The molecule has 1 aliphatic rings. The van der Waals surface area contributed by atoms with Gasteiger partial charge in [0.25, 0.3) is 0 Å². The molecule has 0 atom stereocenters. The van der Waals surface area contributed by atoms with Crippen molar-refractivity contribution in [3.63, 3.8) is 0 Å². The van der Waals surface area contributed by atoms with Crippen molar-refractivity contribution in [2.24, 2.45) is 11.7 Å². The van der Waals surface area contributed by atoms with Crippen LogP contribution in [0.3, 0.4) is 0 Å². The molecular formula is C13H16ClN3O2. The first-order valence-electron chi connectivity index (χ1n) is 6.19. The quantitative estimate of drug-likeness (QED) is 0.782. The Hall–Kier alpha value is -1.59. The summed E-state index contributed by atoms with van der Waals surface area (Å²) < 4.78 is 0. The van der Waals surface area contributed by atoms with Gasteiger partial charge in [-0.2, -0.15) is 0 Å². The normalized spacial score (nSPS) is 16.1. The summed E-state index contributed by atoms with van der Waals surface area (Å²) in [4.78, 5) is 23.2. The number of carbonyl (C=O) groups excluding carboxylic acids is 2. The standard InChI is InChI=1S/C13H16ClN3O2/c14-10-2-1-9(12(15)18)7-11(10)17-13(19)8-3-5-16-6-4-8/h1-2,7-8,16H,3-6H2,(H2,15,18)(H,17,19). The molecule has 0 aliphatic carbocycles. The molecule has 0 aromatic heterocycles. The third-order valence-electron chi connectivity index (χ3n) is 3.22. The molecule has 1 fully saturated rings. The molecule has 2 rings (SSSR count). The number of carbonyl (C=O) groups is 2. The van der Waals surface area contributed by atoms with Crippen LogP contribution in [-0.4, -0.2) is 24.9 Å². The molecule has 102 valence electrons. The molecule has 1 aromatic rings. The maximum atomic E-state index is 12.1. The lowest BCUT2D eigenvalue weighted by Crippen LogP contribution is -2.34. The van der Waals surface area contributed by atoms with Crippen molar-refractivity contribution >= 4 is 29.1 Å². The Labute approximate surface area is 116 Å². The summed E-state index contributed by atoms with van der Waals surface area (Å²) in [5.74, 6) is -0.631. The second-order valence-electron chi connectivity index (χ2n) is 4.57. The van der Waals surface area contributed by atoms with Crippen LogP contribution in [0.5, 0.6) is 0 Å². The molecule has 0 radical (unpaired) electrons. The number of halogens is 1. The van der Waals surface area contributed by atoms with Crippen molar-refractivity contribution in [1.82, 2.24) is 5.32 Å². The smallest absolute Gasteiger partial charge is 0.248 e. The number of anilines is 1. The molecule has 19 heavy (non-hydrogen) atoms. The minimum atomic E-state index is -0.547. The van der Waals surface area contributed by atoms with Crippen LogP contribution in [0.2, 0.25) is 5.02 Å². The Morgan fingerprint density at radius 3 is 2.63 bits per heavy atom. The van der Waals surface area contributed by atoms with E-state index in [0.29, 0.717) is 16.3 Å². The fourth-order valence-electron chi connectivity index (χ4n) is 2.09. The second kappa shape index (κ2) is 6.04. The average molecular weight is 282 g/mol. The molecule has 2 amide bonds. The van der Waals surface area contributed by atoms with E-state index in [9.17, 15) is 9.59 Å². The fraction of sp³-hybridized carbons (Fsp3) is 0.385. The molecule has 4 N–H and O–H groups in total. The summed E-state index contributed by atoms with van der Waals surface area (Å²) in [5.41, 5.74) is 5.96. The highest BCUT2D eigenvalue weighted by atomic mass is 35.5. The second-order valence-corrected chi connectivity index (χ2v) is 4.98. The number of benzene rings is 1. The number of hydrogen-bond donors (Lipinski definition) is 3. The van der Waals surface area contributed by atoms with Crippen LogP contribution in [0.4, 0.5) is 5.69 Å². The zero-order chi connectivity index (χ0) is 13.8. The van der Waals surface area contributed by atoms with E-state index in [1.807, 2.05) is 0 Å². The first-order chi connectivity index (χ1) is 9.08. The Morgan fingerprint density at radius 1 is 1.32 bits per heavy atom. The first-order valence-corrected chi connectivity index (χ1v) is 6.56. The van der Waals surface area contributed by atoms with E-state index in [-0.39, 0.29) is 11.8 Å². The van der Waals surface area contributed by atoms with Crippen LogP contribution in [0.15, 0.2) is 18.2 Å². The summed E-state index contributed by atoms with van der Waals surface area (Å²) in [6.45, 7) is 1.68. The number of amides is 2. The molecular weight excluding hydrogens is 266 g/mol. The maximum Gasteiger partial charge on any atom is 0.248 e. The van der Waals surface area contributed by atoms with E-state index >= 15 is 0 Å². The molecule has 1 heterocycles. The van der Waals surface area contributed by atoms with Gasteiger partial charge in [0.05, 0.1) is 10.7 Å². The lowest BCUT2D eigenvalue weighted by molar-refractivity contribution is -0.120. The number of rotatable bonds is 3. The fourth-order valence-corrected chi connectivity index (χ4v) is 2.26. The van der Waals surface area contributed by atoms with Gasteiger partial charge in [-0.3, -0.25) is 9.59 Å². The third-order valence-corrected chi connectivity index (χ3v) is 3.55. The summed E-state index contributed by atoms with van der Waals surface area (Å²) in [6.07, 6.45) is 1.61. The number of nitrogens with two attached hydrogens (primary N) is 1. The Morgan fingerprint density at radius 2 is 2.00 bits per heavy atom. The van der Waals surface area contributed by atoms with Crippen molar-refractivity contribution < 1.29 is 9.59 Å². The predicted octanol–water partition coefficient (Wildman–Crippen LogP) is 1.38. The molecule has 1 aliphatic heterocycles. The summed E-state index contributed by atoms with van der Waals surface area (Å²) in [7, 11) is 0. The Kier molecular flexibility index (Phi) is 4.39. The van der Waals surface area contributed by atoms with Gasteiger partial charge in [-0.15, -0.1) is 0 Å². The molecule has 6 heteroatoms. The third kappa shape index (κ3) is 3.45. The number of nitrogens with one attached hydrogen (secondary N) is 2. The molecule has 0 saturated carbocycles. The summed E-state index contributed by atoms with van der Waals surface area (Å²) >= 11 is 6.00. The molecule has 0 bridgehead atoms. The van der Waals surface area contributed by atoms with E-state index in [2.05, 4.69) is 10.6 Å². The summed E-state index contributed by atoms with van der Waals surface area (Å²) in [5, 5.41) is 6.37. The zero-order valence-corrected chi connectivity index (χ0v) is 11.2. The molecule has 5 nitrogen and oxygen atoms in total. The van der Waals surface area contributed by atoms with Crippen LogP contribution >= 0.6 is 11.6 Å². The van der Waals surface area contributed by atoms with Crippen LogP contribution in [0, 0.1) is 5.92 Å². The minimum absolute atomic E-state index is 0.0189. The first kappa shape index (κ1) is 13.8. The number of piperidine rings is 1. The van der Waals surface area contributed by atoms with Crippen molar-refractivity contribution in [3.05, 3.63) is 28.8 Å². The maximum absolute atomic E-state index is 12.1. The van der Waals surface area contributed by atoms with Gasteiger partial charge < -0.3 is 16.4 Å². The van der Waals surface area contributed by atoms with Gasteiger partial charge in [-0.05, 0) is 44.1 Å². The van der Waals surface area contributed by atoms with Gasteiger partial charge in [-0.25, -0.2) is 0 Å². The highest BCUT2D eigenvalue weighted by Gasteiger charge is 2.21. The largest absolute Gasteiger partial charge is 0.366 e. The van der Waals surface area contributed by atoms with E-state index in [1.54, 1.807) is 6.07 Å². The lowest BCUT2D eigenvalue weighted by Gasteiger charge is -2.22. The Balaban J connectivity index is 2.11. The number of hydrogen-bond acceptors (Lipinski definition) is 3. The summed E-state index contributed by atoms with van der Waals surface area (Å²) in [6, 6.07) is 4.59. The highest BCUT2D eigenvalue weighted by Crippen LogP contribution is 2.24. The van der Waals surface area contributed by atoms with Gasteiger partial charge in [-0.1, -0.05) is 11.6 Å². The minimum Gasteiger partial charge on any atom is -0.366 e. The van der Waals surface area contributed by atoms with Gasteiger partial charge in [0.1, 0.15) is 0 Å². The Bertz CT molecular complexity index is 499. The van der Waals surface area contributed by atoms with E-state index in [1.165, 1.54) is 12.1 Å². The van der Waals surface area contributed by atoms with Crippen molar-refractivity contribution in [2.45, 2.75) is 12.8 Å². The van der Waals surface area contributed by atoms with Crippen molar-refractivity contribution in [2.75, 3.05) is 18.4 Å².